The van der Waals surface area contributed by atoms with E-state index in [1.807, 2.05) is 18.3 Å². The lowest BCUT2D eigenvalue weighted by Gasteiger charge is -2.11. The van der Waals surface area contributed by atoms with Crippen molar-refractivity contribution in [2.75, 3.05) is 0 Å². The third-order valence-electron chi connectivity index (χ3n) is 8.31. The minimum Gasteiger partial charge on any atom is -0.292 e. The van der Waals surface area contributed by atoms with E-state index in [2.05, 4.69) is 133 Å². The summed E-state index contributed by atoms with van der Waals surface area (Å²) in [7, 11) is 0. The van der Waals surface area contributed by atoms with Crippen LogP contribution in [-0.4, -0.2) is 14.4 Å². The van der Waals surface area contributed by atoms with E-state index < -0.39 is 0 Å². The van der Waals surface area contributed by atoms with Crippen molar-refractivity contribution < 1.29 is 0 Å². The number of hydrogen-bond acceptors (Lipinski definition) is 2. The van der Waals surface area contributed by atoms with Crippen molar-refractivity contribution >= 4 is 51.0 Å². The van der Waals surface area contributed by atoms with Gasteiger partial charge in [-0.2, -0.15) is 0 Å². The molecule has 8 rings (SSSR count). The highest BCUT2D eigenvalue weighted by molar-refractivity contribution is 6.14. The number of pyridine rings is 2. The van der Waals surface area contributed by atoms with Gasteiger partial charge in [-0.15, -0.1) is 0 Å². The normalized spacial score (nSPS) is 12.0. The van der Waals surface area contributed by atoms with Gasteiger partial charge in [-0.25, -0.2) is 4.98 Å². The van der Waals surface area contributed by atoms with Gasteiger partial charge in [0.15, 0.2) is 0 Å². The van der Waals surface area contributed by atoms with Crippen LogP contribution in [0.1, 0.15) is 0 Å². The van der Waals surface area contributed by atoms with Crippen molar-refractivity contribution in [2.24, 2.45) is 0 Å². The van der Waals surface area contributed by atoms with Gasteiger partial charge in [0.05, 0.1) is 22.2 Å². The summed E-state index contributed by atoms with van der Waals surface area (Å²) in [6.45, 7) is 7.98. The van der Waals surface area contributed by atoms with Crippen LogP contribution in [-0.2, 0) is 0 Å². The molecule has 3 heterocycles. The second kappa shape index (κ2) is 9.93. The fraction of sp³-hybridized carbons (Fsp3) is 0. The fourth-order valence-corrected chi connectivity index (χ4v) is 6.12. The summed E-state index contributed by atoms with van der Waals surface area (Å²) in [5.41, 5.74) is 10.9. The van der Waals surface area contributed by atoms with Gasteiger partial charge in [0.2, 0.25) is 0 Å². The fourth-order valence-electron chi connectivity index (χ4n) is 6.12. The lowest BCUT2D eigenvalue weighted by molar-refractivity contribution is 1.30. The molecule has 0 radical (unpaired) electrons. The van der Waals surface area contributed by atoms with E-state index >= 15 is 0 Å². The molecule has 3 nitrogen and oxygen atoms in total. The van der Waals surface area contributed by atoms with Crippen molar-refractivity contribution in [3.8, 4) is 33.5 Å². The van der Waals surface area contributed by atoms with Crippen LogP contribution in [0.4, 0.5) is 0 Å². The summed E-state index contributed by atoms with van der Waals surface area (Å²) in [6, 6.07) is 42.7. The Labute approximate surface area is 249 Å². The molecule has 3 heteroatoms. The van der Waals surface area contributed by atoms with Gasteiger partial charge in [-0.3, -0.25) is 9.38 Å². The zero-order valence-electron chi connectivity index (χ0n) is 23.5. The Hall–Kier alpha value is -5.80. The zero-order chi connectivity index (χ0) is 28.9. The van der Waals surface area contributed by atoms with Crippen molar-refractivity contribution in [1.29, 1.82) is 0 Å². The Morgan fingerprint density at radius 3 is 1.93 bits per heavy atom. The topological polar surface area (TPSA) is 30.2 Å². The predicted molar refractivity (Wildman–Crippen MR) is 181 cm³/mol. The van der Waals surface area contributed by atoms with Gasteiger partial charge < -0.3 is 0 Å². The molecule has 0 fully saturated rings. The number of rotatable bonds is 4. The number of imidazole rings is 1. The maximum Gasteiger partial charge on any atom is 0.146 e. The van der Waals surface area contributed by atoms with E-state index in [0.717, 1.165) is 65.8 Å². The molecule has 0 amide bonds. The summed E-state index contributed by atoms with van der Waals surface area (Å²) >= 11 is 0. The number of aromatic nitrogens is 3. The van der Waals surface area contributed by atoms with Gasteiger partial charge >= 0.3 is 0 Å². The Bertz CT molecular complexity index is 2470. The van der Waals surface area contributed by atoms with Crippen LogP contribution in [0.5, 0.6) is 0 Å². The molecule has 0 spiro atoms. The molecule has 0 aliphatic carbocycles. The summed E-state index contributed by atoms with van der Waals surface area (Å²) in [5.74, 6) is 0. The van der Waals surface area contributed by atoms with Gasteiger partial charge in [0.1, 0.15) is 5.65 Å². The molecule has 202 valence electrons. The van der Waals surface area contributed by atoms with Crippen LogP contribution in [0.3, 0.4) is 0 Å². The van der Waals surface area contributed by atoms with Crippen molar-refractivity contribution in [3.05, 3.63) is 151 Å². The first-order chi connectivity index (χ1) is 21.2. The van der Waals surface area contributed by atoms with Crippen molar-refractivity contribution in [3.63, 3.8) is 0 Å². The van der Waals surface area contributed by atoms with Gasteiger partial charge in [-0.1, -0.05) is 116 Å². The standard InChI is InChI=1S/C40H27N3/c1-3-8-27-13-22-32(23-26(27)2)30-16-14-28(15-17-30)29-18-20-31(21-19-29)37-24-34-35(25-41-37)33-9-4-6-11-38(33)43-39-12-7-5-10-36(39)42-40(34)43/h3-25H,1-2H2/b27-8-. The molecular weight excluding hydrogens is 522 g/mol. The molecule has 3 aromatic heterocycles. The zero-order valence-corrected chi connectivity index (χ0v) is 23.5. The molecule has 0 unspecified atom stereocenters. The number of nitrogens with zero attached hydrogens (tertiary/aromatic N) is 3. The smallest absolute Gasteiger partial charge is 0.146 e. The Balaban J connectivity index is 1.17. The quantitative estimate of drug-likeness (QED) is 0.206. The molecule has 0 atom stereocenters. The Morgan fingerprint density at radius 1 is 0.581 bits per heavy atom. The van der Waals surface area contributed by atoms with Crippen LogP contribution in [0.25, 0.3) is 84.5 Å². The monoisotopic (exact) mass is 549 g/mol. The average molecular weight is 550 g/mol. The second-order valence-electron chi connectivity index (χ2n) is 10.9. The molecule has 0 saturated carbocycles. The minimum absolute atomic E-state index is 0.930. The summed E-state index contributed by atoms with van der Waals surface area (Å²) < 4.78 is 2.27. The molecule has 0 aliphatic heterocycles. The first-order valence-corrected chi connectivity index (χ1v) is 14.4. The molecule has 5 aromatic carbocycles. The van der Waals surface area contributed by atoms with E-state index in [9.17, 15) is 0 Å². The van der Waals surface area contributed by atoms with Crippen LogP contribution < -0.4 is 10.4 Å². The number of para-hydroxylation sites is 3. The molecular formula is C40H27N3. The highest BCUT2D eigenvalue weighted by atomic mass is 15.0. The first kappa shape index (κ1) is 25.0. The third kappa shape index (κ3) is 4.13. The van der Waals surface area contributed by atoms with E-state index in [0.29, 0.717) is 0 Å². The SMILES string of the molecule is C=C/C=c1/ccc(-c2ccc(-c3ccc(-c4cc5c(cn4)c4ccccc4n4c6ccccc6nc54)cc3)cc2)cc1=C. The molecule has 0 bridgehead atoms. The lowest BCUT2D eigenvalue weighted by atomic mass is 9.98. The van der Waals surface area contributed by atoms with Crippen LogP contribution >= 0.6 is 0 Å². The molecule has 43 heavy (non-hydrogen) atoms. The molecule has 0 saturated heterocycles. The molecule has 8 aromatic rings. The van der Waals surface area contributed by atoms with Crippen LogP contribution in [0.15, 0.2) is 140 Å². The minimum atomic E-state index is 0.930. The lowest BCUT2D eigenvalue weighted by Crippen LogP contribution is -2.22. The Morgan fingerprint density at radius 2 is 1.21 bits per heavy atom. The maximum absolute atomic E-state index is 5.05. The second-order valence-corrected chi connectivity index (χ2v) is 10.9. The third-order valence-corrected chi connectivity index (χ3v) is 8.31. The largest absolute Gasteiger partial charge is 0.292 e. The number of hydrogen-bond donors (Lipinski definition) is 0. The van der Waals surface area contributed by atoms with Crippen molar-refractivity contribution in [2.45, 2.75) is 0 Å². The summed E-state index contributed by atoms with van der Waals surface area (Å²) in [5, 5.41) is 5.46. The first-order valence-electron chi connectivity index (χ1n) is 14.4. The maximum atomic E-state index is 5.05. The highest BCUT2D eigenvalue weighted by Crippen LogP contribution is 2.34. The Kier molecular flexibility index (Phi) is 5.76. The van der Waals surface area contributed by atoms with E-state index in [-0.39, 0.29) is 0 Å². The molecule has 0 N–H and O–H groups in total. The van der Waals surface area contributed by atoms with Crippen LogP contribution in [0.2, 0.25) is 0 Å². The van der Waals surface area contributed by atoms with Gasteiger partial charge in [0.25, 0.3) is 0 Å². The molecule has 0 aliphatic rings. The van der Waals surface area contributed by atoms with E-state index in [1.54, 1.807) is 6.08 Å². The summed E-state index contributed by atoms with van der Waals surface area (Å²) in [4.78, 5) is 9.97. The summed E-state index contributed by atoms with van der Waals surface area (Å²) in [6.07, 6.45) is 5.77. The van der Waals surface area contributed by atoms with Crippen molar-refractivity contribution in [1.82, 2.24) is 14.4 Å². The predicted octanol–water partition coefficient (Wildman–Crippen LogP) is 8.57. The average Bonchev–Trinajstić information content (AvgIpc) is 3.46. The van der Waals surface area contributed by atoms with Gasteiger partial charge in [0, 0.05) is 27.9 Å². The highest BCUT2D eigenvalue weighted by Gasteiger charge is 2.15. The van der Waals surface area contributed by atoms with E-state index in [1.165, 1.54) is 16.5 Å². The van der Waals surface area contributed by atoms with E-state index in [4.69, 9.17) is 9.97 Å². The number of fused-ring (bicyclic) bond motifs is 8. The number of benzene rings is 5. The number of allylic oxidation sites excluding steroid dienone is 1. The van der Waals surface area contributed by atoms with Gasteiger partial charge in [-0.05, 0) is 63.0 Å². The van der Waals surface area contributed by atoms with Crippen LogP contribution in [0, 0.1) is 0 Å².